The molecule has 6 heteroatoms. The predicted molar refractivity (Wildman–Crippen MR) is 70.3 cm³/mol. The number of hydrogen-bond donors (Lipinski definition) is 1. The van der Waals surface area contributed by atoms with Gasteiger partial charge in [-0.2, -0.15) is 5.06 Å². The van der Waals surface area contributed by atoms with Crippen LogP contribution in [-0.2, 0) is 9.59 Å². The van der Waals surface area contributed by atoms with Crippen molar-refractivity contribution in [1.82, 2.24) is 15.0 Å². The smallest absolute Gasteiger partial charge is 0.253 e. The zero-order valence-electron chi connectivity index (χ0n) is 10.6. The molecule has 2 aromatic heterocycles. The first-order chi connectivity index (χ1) is 9.68. The molecule has 0 atom stereocenters. The first kappa shape index (κ1) is 13.8. The Labute approximate surface area is 115 Å². The van der Waals surface area contributed by atoms with Gasteiger partial charge in [0.2, 0.25) is 0 Å². The first-order valence-corrected chi connectivity index (χ1v) is 6.05. The average molecular weight is 271 g/mol. The third-order valence-electron chi connectivity index (χ3n) is 2.62. The van der Waals surface area contributed by atoms with Crippen molar-refractivity contribution in [3.8, 4) is 11.4 Å². The van der Waals surface area contributed by atoms with Crippen LogP contribution >= 0.6 is 0 Å². The average Bonchev–Trinajstić information content (AvgIpc) is 2.81. The van der Waals surface area contributed by atoms with Crippen LogP contribution in [0.1, 0.15) is 12.8 Å². The Morgan fingerprint density at radius 3 is 1.55 bits per heavy atom. The van der Waals surface area contributed by atoms with E-state index in [1.165, 1.54) is 0 Å². The molecule has 0 spiro atoms. The highest BCUT2D eigenvalue weighted by Gasteiger charge is 2.26. The molecule has 0 bridgehead atoms. The number of hydroxylamine groups is 2. The largest absolute Gasteiger partial charge is 0.279 e. The summed E-state index contributed by atoms with van der Waals surface area (Å²) in [6.07, 6.45) is 3.83. The SMILES string of the molecule is O=C1CCC(=O)N1O.c1ccc(-c2ccccn2)nc1. The highest BCUT2D eigenvalue weighted by Crippen LogP contribution is 2.10. The van der Waals surface area contributed by atoms with Gasteiger partial charge in [0.05, 0.1) is 11.4 Å². The van der Waals surface area contributed by atoms with E-state index in [-0.39, 0.29) is 17.9 Å². The number of carbonyl (C=O) groups excluding carboxylic acids is 2. The van der Waals surface area contributed by atoms with E-state index in [4.69, 9.17) is 5.21 Å². The lowest BCUT2D eigenvalue weighted by atomic mass is 10.2. The minimum atomic E-state index is -0.505. The number of aromatic nitrogens is 2. The van der Waals surface area contributed by atoms with E-state index in [1.54, 1.807) is 12.4 Å². The molecular formula is C14H13N3O3. The van der Waals surface area contributed by atoms with E-state index in [1.807, 2.05) is 36.4 Å². The quantitative estimate of drug-likeness (QED) is 0.630. The van der Waals surface area contributed by atoms with Gasteiger partial charge in [0.25, 0.3) is 11.8 Å². The maximum absolute atomic E-state index is 10.2. The summed E-state index contributed by atoms with van der Waals surface area (Å²) in [5.41, 5.74) is 1.83. The molecule has 0 radical (unpaired) electrons. The predicted octanol–water partition coefficient (Wildman–Crippen LogP) is 1.67. The maximum atomic E-state index is 10.2. The van der Waals surface area contributed by atoms with Crippen LogP contribution < -0.4 is 0 Å². The fourth-order valence-corrected chi connectivity index (χ4v) is 1.59. The van der Waals surface area contributed by atoms with E-state index in [0.717, 1.165) is 11.4 Å². The molecule has 1 aliphatic heterocycles. The zero-order chi connectivity index (χ0) is 14.4. The second-order valence-corrected chi connectivity index (χ2v) is 4.03. The lowest BCUT2D eigenvalue weighted by molar-refractivity contribution is -0.171. The van der Waals surface area contributed by atoms with Crippen molar-refractivity contribution in [3.63, 3.8) is 0 Å². The molecule has 1 saturated heterocycles. The number of hydrogen-bond acceptors (Lipinski definition) is 5. The van der Waals surface area contributed by atoms with E-state index in [2.05, 4.69) is 9.97 Å². The molecule has 0 aromatic carbocycles. The number of nitrogens with zero attached hydrogens (tertiary/aromatic N) is 3. The highest BCUT2D eigenvalue weighted by molar-refractivity contribution is 6.00. The molecule has 6 nitrogen and oxygen atoms in total. The van der Waals surface area contributed by atoms with Gasteiger partial charge in [-0.3, -0.25) is 24.8 Å². The number of amides is 2. The Kier molecular flexibility index (Phi) is 4.52. The van der Waals surface area contributed by atoms with E-state index in [9.17, 15) is 9.59 Å². The van der Waals surface area contributed by atoms with Gasteiger partial charge in [-0.05, 0) is 24.3 Å². The normalized spacial score (nSPS) is 13.9. The zero-order valence-corrected chi connectivity index (χ0v) is 10.6. The minimum Gasteiger partial charge on any atom is -0.279 e. The van der Waals surface area contributed by atoms with Crippen molar-refractivity contribution < 1.29 is 14.8 Å². The molecule has 3 rings (SSSR count). The summed E-state index contributed by atoms with van der Waals surface area (Å²) in [4.78, 5) is 28.9. The van der Waals surface area contributed by atoms with Crippen LogP contribution in [0.25, 0.3) is 11.4 Å². The number of pyridine rings is 2. The van der Waals surface area contributed by atoms with Crippen LogP contribution in [0.4, 0.5) is 0 Å². The highest BCUT2D eigenvalue weighted by atomic mass is 16.5. The summed E-state index contributed by atoms with van der Waals surface area (Å²) in [5, 5.41) is 8.57. The van der Waals surface area contributed by atoms with Gasteiger partial charge in [-0.1, -0.05) is 12.1 Å². The van der Waals surface area contributed by atoms with Crippen LogP contribution in [-0.4, -0.2) is 32.1 Å². The third kappa shape index (κ3) is 3.46. The standard InChI is InChI=1S/C10H8N2.C4H5NO3/c1-3-7-11-9(5-1)10-6-2-4-8-12-10;6-3-1-2-4(7)5(3)8/h1-8H;8H,1-2H2. The van der Waals surface area contributed by atoms with Gasteiger partial charge in [0.15, 0.2) is 0 Å². The molecule has 0 aliphatic carbocycles. The molecule has 3 heterocycles. The number of rotatable bonds is 1. The molecule has 1 aliphatic rings. The molecule has 1 N–H and O–H groups in total. The molecule has 102 valence electrons. The molecule has 0 saturated carbocycles. The van der Waals surface area contributed by atoms with Crippen molar-refractivity contribution in [2.75, 3.05) is 0 Å². The second-order valence-electron chi connectivity index (χ2n) is 4.03. The Morgan fingerprint density at radius 2 is 1.30 bits per heavy atom. The van der Waals surface area contributed by atoms with Gasteiger partial charge in [-0.15, -0.1) is 0 Å². The van der Waals surface area contributed by atoms with Crippen LogP contribution in [0.2, 0.25) is 0 Å². The Balaban J connectivity index is 0.000000160. The Morgan fingerprint density at radius 1 is 0.850 bits per heavy atom. The molecule has 2 amide bonds. The topological polar surface area (TPSA) is 83.4 Å². The minimum absolute atomic E-state index is 0.148. The van der Waals surface area contributed by atoms with Gasteiger partial charge in [-0.25, -0.2) is 0 Å². The van der Waals surface area contributed by atoms with Gasteiger partial charge >= 0.3 is 0 Å². The first-order valence-electron chi connectivity index (χ1n) is 6.05. The lowest BCUT2D eigenvalue weighted by Crippen LogP contribution is -2.24. The van der Waals surface area contributed by atoms with Crippen LogP contribution in [0.3, 0.4) is 0 Å². The van der Waals surface area contributed by atoms with E-state index >= 15 is 0 Å². The third-order valence-corrected chi connectivity index (χ3v) is 2.62. The van der Waals surface area contributed by atoms with E-state index < -0.39 is 11.8 Å². The van der Waals surface area contributed by atoms with Crippen molar-refractivity contribution >= 4 is 11.8 Å². The maximum Gasteiger partial charge on any atom is 0.253 e. The lowest BCUT2D eigenvalue weighted by Gasteiger charge is -1.98. The molecule has 1 fully saturated rings. The molecule has 20 heavy (non-hydrogen) atoms. The van der Waals surface area contributed by atoms with Crippen molar-refractivity contribution in [3.05, 3.63) is 48.8 Å². The summed E-state index contributed by atoms with van der Waals surface area (Å²) < 4.78 is 0. The van der Waals surface area contributed by atoms with Gasteiger partial charge in [0.1, 0.15) is 0 Å². The Hall–Kier alpha value is -2.60. The van der Waals surface area contributed by atoms with E-state index in [0.29, 0.717) is 0 Å². The monoisotopic (exact) mass is 271 g/mol. The summed E-state index contributed by atoms with van der Waals surface area (Å²) >= 11 is 0. The Bertz CT molecular complexity index is 534. The summed E-state index contributed by atoms with van der Waals surface area (Å²) in [6.45, 7) is 0. The van der Waals surface area contributed by atoms with Crippen LogP contribution in [0, 0.1) is 0 Å². The van der Waals surface area contributed by atoms with Crippen molar-refractivity contribution in [1.29, 1.82) is 0 Å². The van der Waals surface area contributed by atoms with Crippen molar-refractivity contribution in [2.45, 2.75) is 12.8 Å². The summed E-state index contributed by atoms with van der Waals surface area (Å²) in [5.74, 6) is -1.01. The van der Waals surface area contributed by atoms with Crippen LogP contribution in [0.15, 0.2) is 48.8 Å². The van der Waals surface area contributed by atoms with Gasteiger partial charge in [0, 0.05) is 25.2 Å². The fraction of sp³-hybridized carbons (Fsp3) is 0.143. The number of imide groups is 1. The van der Waals surface area contributed by atoms with Gasteiger partial charge < -0.3 is 0 Å². The van der Waals surface area contributed by atoms with Crippen molar-refractivity contribution in [2.24, 2.45) is 0 Å². The molecular weight excluding hydrogens is 258 g/mol. The van der Waals surface area contributed by atoms with Crippen LogP contribution in [0.5, 0.6) is 0 Å². The number of carbonyl (C=O) groups is 2. The molecule has 0 unspecified atom stereocenters. The molecule has 2 aromatic rings. The summed E-state index contributed by atoms with van der Waals surface area (Å²) in [7, 11) is 0. The summed E-state index contributed by atoms with van der Waals surface area (Å²) in [6, 6.07) is 11.6. The fourth-order valence-electron chi connectivity index (χ4n) is 1.59. The second kappa shape index (κ2) is 6.53.